The number of carbonyl (C=O) groups is 2. The lowest BCUT2D eigenvalue weighted by Gasteiger charge is -2.26. The van der Waals surface area contributed by atoms with Crippen LogP contribution < -0.4 is 4.90 Å². The fourth-order valence-corrected chi connectivity index (χ4v) is 3.80. The first-order valence-corrected chi connectivity index (χ1v) is 9.64. The molecule has 3 aromatic rings. The molecule has 0 saturated carbocycles. The largest absolute Gasteiger partial charge is 0.507 e. The Bertz CT molecular complexity index is 1170. The van der Waals surface area contributed by atoms with Crippen LogP contribution in [0.15, 0.2) is 78.4 Å². The molecule has 0 bridgehead atoms. The van der Waals surface area contributed by atoms with Gasteiger partial charge in [-0.15, -0.1) is 0 Å². The Morgan fingerprint density at radius 1 is 0.967 bits per heavy atom. The van der Waals surface area contributed by atoms with Gasteiger partial charge in [-0.1, -0.05) is 59.6 Å². The summed E-state index contributed by atoms with van der Waals surface area (Å²) in [7, 11) is 0. The SMILES string of the molecule is Cc1ccc(C(O)=C2C(=O)C(=O)N(c3ccc(F)cc3)[C@H]2c2ccccc2Cl)cc1. The average molecular weight is 422 g/mol. The second kappa shape index (κ2) is 7.76. The number of halogens is 2. The van der Waals surface area contributed by atoms with E-state index in [1.54, 1.807) is 48.5 Å². The van der Waals surface area contributed by atoms with Crippen molar-refractivity contribution in [2.45, 2.75) is 13.0 Å². The Balaban J connectivity index is 1.96. The molecule has 4 rings (SSSR count). The Kier molecular flexibility index (Phi) is 5.14. The summed E-state index contributed by atoms with van der Waals surface area (Å²) in [5, 5.41) is 11.3. The highest BCUT2D eigenvalue weighted by atomic mass is 35.5. The van der Waals surface area contributed by atoms with Gasteiger partial charge in [0.25, 0.3) is 11.7 Å². The summed E-state index contributed by atoms with van der Waals surface area (Å²) in [5.41, 5.74) is 2.14. The van der Waals surface area contributed by atoms with Crippen LogP contribution in [0.2, 0.25) is 5.02 Å². The van der Waals surface area contributed by atoms with Crippen molar-refractivity contribution < 1.29 is 19.1 Å². The number of rotatable bonds is 3. The van der Waals surface area contributed by atoms with Gasteiger partial charge in [-0.3, -0.25) is 14.5 Å². The fourth-order valence-electron chi connectivity index (χ4n) is 3.56. The fraction of sp³-hybridized carbons (Fsp3) is 0.0833. The molecule has 3 aromatic carbocycles. The Hall–Kier alpha value is -3.44. The number of Topliss-reactive ketones (excluding diaryl/α,β-unsaturated/α-hetero) is 1. The van der Waals surface area contributed by atoms with Gasteiger partial charge < -0.3 is 5.11 Å². The number of hydrogen-bond donors (Lipinski definition) is 1. The third-order valence-electron chi connectivity index (χ3n) is 5.07. The summed E-state index contributed by atoms with van der Waals surface area (Å²) in [6.07, 6.45) is 0. The minimum atomic E-state index is -0.953. The molecule has 30 heavy (non-hydrogen) atoms. The smallest absolute Gasteiger partial charge is 0.300 e. The van der Waals surface area contributed by atoms with Gasteiger partial charge in [0.1, 0.15) is 11.6 Å². The van der Waals surface area contributed by atoms with Crippen molar-refractivity contribution in [3.63, 3.8) is 0 Å². The van der Waals surface area contributed by atoms with Gasteiger partial charge in [-0.05, 0) is 42.8 Å². The van der Waals surface area contributed by atoms with Gasteiger partial charge in [0.05, 0.1) is 11.6 Å². The standard InChI is InChI=1S/C24H17ClFNO3/c1-14-6-8-15(9-7-14)22(28)20-21(18-4-2-3-5-19(18)25)27(24(30)23(20)29)17-12-10-16(26)11-13-17/h2-13,21,28H,1H3/t21-/m0/s1. The highest BCUT2D eigenvalue weighted by Crippen LogP contribution is 2.44. The lowest BCUT2D eigenvalue weighted by atomic mass is 9.95. The van der Waals surface area contributed by atoms with Gasteiger partial charge in [0, 0.05) is 16.3 Å². The number of anilines is 1. The van der Waals surface area contributed by atoms with E-state index in [0.717, 1.165) is 5.56 Å². The van der Waals surface area contributed by atoms with E-state index in [9.17, 15) is 19.1 Å². The predicted molar refractivity (Wildman–Crippen MR) is 114 cm³/mol. The number of ketones is 1. The number of aliphatic hydroxyl groups excluding tert-OH is 1. The summed E-state index contributed by atoms with van der Waals surface area (Å²) in [6, 6.07) is 18.1. The number of nitrogens with zero attached hydrogens (tertiary/aromatic N) is 1. The van der Waals surface area contributed by atoms with E-state index in [4.69, 9.17) is 11.6 Å². The number of aryl methyl sites for hydroxylation is 1. The van der Waals surface area contributed by atoms with Crippen LogP contribution in [0.25, 0.3) is 5.76 Å². The maximum atomic E-state index is 13.4. The number of aliphatic hydroxyl groups is 1. The quantitative estimate of drug-likeness (QED) is 0.349. The third kappa shape index (κ3) is 3.37. The summed E-state index contributed by atoms with van der Waals surface area (Å²) >= 11 is 6.40. The normalized spacial score (nSPS) is 18.1. The molecule has 1 heterocycles. The van der Waals surface area contributed by atoms with E-state index < -0.39 is 23.5 Å². The van der Waals surface area contributed by atoms with Crippen LogP contribution in [0.1, 0.15) is 22.7 Å². The van der Waals surface area contributed by atoms with E-state index in [-0.39, 0.29) is 11.3 Å². The molecule has 1 aliphatic heterocycles. The Labute approximate surface area is 177 Å². The topological polar surface area (TPSA) is 57.6 Å². The second-order valence-electron chi connectivity index (χ2n) is 7.03. The van der Waals surface area contributed by atoms with Crippen molar-refractivity contribution >= 4 is 34.7 Å². The van der Waals surface area contributed by atoms with E-state index in [2.05, 4.69) is 0 Å². The Morgan fingerprint density at radius 3 is 2.23 bits per heavy atom. The van der Waals surface area contributed by atoms with Gasteiger partial charge in [0.15, 0.2) is 0 Å². The summed E-state index contributed by atoms with van der Waals surface area (Å²) in [4.78, 5) is 27.2. The first-order chi connectivity index (χ1) is 14.4. The molecular formula is C24H17ClFNO3. The molecule has 0 aliphatic carbocycles. The minimum absolute atomic E-state index is 0.0683. The minimum Gasteiger partial charge on any atom is -0.507 e. The second-order valence-corrected chi connectivity index (χ2v) is 7.44. The number of carbonyl (C=O) groups excluding carboxylic acids is 2. The maximum Gasteiger partial charge on any atom is 0.300 e. The molecule has 150 valence electrons. The zero-order valence-corrected chi connectivity index (χ0v) is 16.7. The number of benzene rings is 3. The van der Waals surface area contributed by atoms with E-state index in [0.29, 0.717) is 21.8 Å². The number of hydrogen-bond acceptors (Lipinski definition) is 3. The van der Waals surface area contributed by atoms with E-state index in [1.807, 2.05) is 6.92 Å². The molecule has 6 heteroatoms. The molecule has 1 N–H and O–H groups in total. The van der Waals surface area contributed by atoms with Crippen molar-refractivity contribution in [1.82, 2.24) is 0 Å². The summed E-state index contributed by atoms with van der Waals surface area (Å²) in [6.45, 7) is 1.90. The lowest BCUT2D eigenvalue weighted by Crippen LogP contribution is -2.29. The van der Waals surface area contributed by atoms with Crippen LogP contribution in [0.4, 0.5) is 10.1 Å². The van der Waals surface area contributed by atoms with Gasteiger partial charge >= 0.3 is 0 Å². The molecule has 0 radical (unpaired) electrons. The van der Waals surface area contributed by atoms with Crippen molar-refractivity contribution in [1.29, 1.82) is 0 Å². The zero-order chi connectivity index (χ0) is 21.4. The molecule has 0 unspecified atom stereocenters. The first kappa shape index (κ1) is 19.9. The van der Waals surface area contributed by atoms with Gasteiger partial charge in [0.2, 0.25) is 0 Å². The first-order valence-electron chi connectivity index (χ1n) is 9.26. The number of amides is 1. The maximum absolute atomic E-state index is 13.4. The molecule has 4 nitrogen and oxygen atoms in total. The van der Waals surface area contributed by atoms with Crippen LogP contribution in [-0.4, -0.2) is 16.8 Å². The van der Waals surface area contributed by atoms with Crippen LogP contribution in [0.5, 0.6) is 0 Å². The molecule has 1 fully saturated rings. The molecule has 0 spiro atoms. The van der Waals surface area contributed by atoms with Crippen LogP contribution in [0.3, 0.4) is 0 Å². The van der Waals surface area contributed by atoms with Crippen molar-refractivity contribution in [3.05, 3.63) is 106 Å². The van der Waals surface area contributed by atoms with Crippen molar-refractivity contribution in [2.24, 2.45) is 0 Å². The molecule has 1 saturated heterocycles. The van der Waals surface area contributed by atoms with Crippen LogP contribution in [0, 0.1) is 12.7 Å². The summed E-state index contributed by atoms with van der Waals surface area (Å²) in [5.74, 6) is -2.41. The van der Waals surface area contributed by atoms with E-state index in [1.165, 1.54) is 29.2 Å². The zero-order valence-electron chi connectivity index (χ0n) is 16.0. The highest BCUT2D eigenvalue weighted by molar-refractivity contribution is 6.52. The van der Waals surface area contributed by atoms with Crippen LogP contribution >= 0.6 is 11.6 Å². The monoisotopic (exact) mass is 421 g/mol. The molecule has 1 amide bonds. The van der Waals surface area contributed by atoms with Crippen molar-refractivity contribution in [2.75, 3.05) is 4.90 Å². The third-order valence-corrected chi connectivity index (χ3v) is 5.42. The summed E-state index contributed by atoms with van der Waals surface area (Å²) < 4.78 is 13.4. The molecule has 0 aromatic heterocycles. The predicted octanol–water partition coefficient (Wildman–Crippen LogP) is 5.41. The van der Waals surface area contributed by atoms with E-state index >= 15 is 0 Å². The van der Waals surface area contributed by atoms with Crippen molar-refractivity contribution in [3.8, 4) is 0 Å². The Morgan fingerprint density at radius 2 is 1.60 bits per heavy atom. The van der Waals surface area contributed by atoms with Crippen LogP contribution in [-0.2, 0) is 9.59 Å². The molecule has 1 aliphatic rings. The lowest BCUT2D eigenvalue weighted by molar-refractivity contribution is -0.132. The average Bonchev–Trinajstić information content (AvgIpc) is 3.00. The molecular weight excluding hydrogens is 405 g/mol. The van der Waals surface area contributed by atoms with Gasteiger partial charge in [-0.2, -0.15) is 0 Å². The molecule has 1 atom stereocenters. The highest BCUT2D eigenvalue weighted by Gasteiger charge is 2.47. The van der Waals surface area contributed by atoms with Gasteiger partial charge in [-0.25, -0.2) is 4.39 Å².